The molecule has 1 amide bonds. The summed E-state index contributed by atoms with van der Waals surface area (Å²) in [7, 11) is 0. The van der Waals surface area contributed by atoms with Crippen LogP contribution >= 0.6 is 0 Å². The van der Waals surface area contributed by atoms with Crippen LogP contribution in [0.3, 0.4) is 0 Å². The third-order valence-corrected chi connectivity index (χ3v) is 5.36. The minimum absolute atomic E-state index is 0.0696. The van der Waals surface area contributed by atoms with Crippen molar-refractivity contribution in [1.29, 1.82) is 0 Å². The van der Waals surface area contributed by atoms with Crippen LogP contribution in [0.5, 0.6) is 0 Å². The monoisotopic (exact) mass is 371 g/mol. The Labute approximate surface area is 156 Å². The minimum Gasteiger partial charge on any atom is -0.449 e. The molecule has 4 rings (SSSR count). The van der Waals surface area contributed by atoms with Crippen molar-refractivity contribution >= 4 is 28.8 Å². The Morgan fingerprint density at radius 1 is 1.37 bits per heavy atom. The van der Waals surface area contributed by atoms with Crippen LogP contribution < -0.4 is 16.2 Å². The fourth-order valence-electron chi connectivity index (χ4n) is 4.00. The number of hydrogen-bond donors (Lipinski definition) is 1. The Balaban J connectivity index is 1.78. The van der Waals surface area contributed by atoms with E-state index in [1.165, 1.54) is 12.1 Å². The highest BCUT2D eigenvalue weighted by atomic mass is 19.1. The fraction of sp³-hybridized carbons (Fsp3) is 0.400. The van der Waals surface area contributed by atoms with Crippen LogP contribution in [-0.2, 0) is 4.74 Å². The first kappa shape index (κ1) is 17.6. The van der Waals surface area contributed by atoms with Gasteiger partial charge in [0, 0.05) is 42.1 Å². The van der Waals surface area contributed by atoms with Crippen molar-refractivity contribution < 1.29 is 13.9 Å². The maximum absolute atomic E-state index is 15.0. The third kappa shape index (κ3) is 3.18. The molecular weight excluding hydrogens is 349 g/mol. The molecule has 0 radical (unpaired) electrons. The number of amides is 1. The Morgan fingerprint density at radius 2 is 2.15 bits per heavy atom. The minimum atomic E-state index is -0.800. The zero-order valence-electron chi connectivity index (χ0n) is 15.0. The average Bonchev–Trinajstić information content (AvgIpc) is 3.36. The molecule has 1 saturated carbocycles. The zero-order valence-corrected chi connectivity index (χ0v) is 15.0. The summed E-state index contributed by atoms with van der Waals surface area (Å²) in [4.78, 5) is 25.2. The van der Waals surface area contributed by atoms with Crippen LogP contribution in [0, 0.1) is 11.7 Å². The van der Waals surface area contributed by atoms with E-state index in [1.54, 1.807) is 16.7 Å². The quantitative estimate of drug-likeness (QED) is 0.876. The highest BCUT2D eigenvalue weighted by Crippen LogP contribution is 2.40. The van der Waals surface area contributed by atoms with Crippen molar-refractivity contribution in [3.8, 4) is 0 Å². The number of fused-ring (bicyclic) bond motifs is 1. The van der Waals surface area contributed by atoms with Gasteiger partial charge in [-0.05, 0) is 31.4 Å². The van der Waals surface area contributed by atoms with Crippen molar-refractivity contribution in [2.45, 2.75) is 25.3 Å². The number of nitrogens with two attached hydrogens (primary N) is 1. The molecule has 2 fully saturated rings. The molecule has 2 heterocycles. The number of rotatable bonds is 5. The Bertz CT molecular complexity index is 981. The molecule has 1 aromatic heterocycles. The number of primary amides is 1. The summed E-state index contributed by atoms with van der Waals surface area (Å²) >= 11 is 0. The number of anilines is 1. The van der Waals surface area contributed by atoms with Gasteiger partial charge in [-0.1, -0.05) is 12.7 Å². The van der Waals surface area contributed by atoms with Crippen LogP contribution in [-0.4, -0.2) is 30.4 Å². The molecule has 2 aromatic rings. The molecule has 1 saturated heterocycles. The zero-order chi connectivity index (χ0) is 19.1. The van der Waals surface area contributed by atoms with Crippen molar-refractivity contribution in [3.63, 3.8) is 0 Å². The molecule has 27 heavy (non-hydrogen) atoms. The van der Waals surface area contributed by atoms with Gasteiger partial charge in [-0.15, -0.1) is 0 Å². The summed E-state index contributed by atoms with van der Waals surface area (Å²) in [5.74, 6) is -0.249. The molecule has 2 N–H and O–H groups in total. The number of benzene rings is 1. The maximum atomic E-state index is 15.0. The second-order valence-electron chi connectivity index (χ2n) is 7.27. The van der Waals surface area contributed by atoms with Gasteiger partial charge >= 0.3 is 6.09 Å². The summed E-state index contributed by atoms with van der Waals surface area (Å²) in [5.41, 5.74) is 6.81. The smallest absolute Gasteiger partial charge is 0.404 e. The standard InChI is InChI=1S/C20H22FN3O3/c1-2-15-18-13(3-6-17(25)24(18)14-4-5-14)9-16(21)19(15)23-8-7-12(10-23)11-27-20(22)26/h2-3,6,9,12,14H,1,4-5,7-8,10-11H2,(H2,22,26). The van der Waals surface area contributed by atoms with Crippen molar-refractivity contribution in [1.82, 2.24) is 4.57 Å². The molecular formula is C20H22FN3O3. The summed E-state index contributed by atoms with van der Waals surface area (Å²) in [6, 6.07) is 4.83. The second kappa shape index (κ2) is 6.72. The van der Waals surface area contributed by atoms with Gasteiger partial charge in [0.05, 0.1) is 17.8 Å². The van der Waals surface area contributed by atoms with E-state index >= 15 is 4.39 Å². The molecule has 1 aromatic carbocycles. The summed E-state index contributed by atoms with van der Waals surface area (Å²) in [6.45, 7) is 5.30. The first-order valence-electron chi connectivity index (χ1n) is 9.17. The predicted octanol–water partition coefficient (Wildman–Crippen LogP) is 3.04. The van der Waals surface area contributed by atoms with Gasteiger partial charge in [0.1, 0.15) is 5.82 Å². The Morgan fingerprint density at radius 3 is 2.81 bits per heavy atom. The van der Waals surface area contributed by atoms with Crippen LogP contribution in [0.1, 0.15) is 30.9 Å². The SMILES string of the molecule is C=Cc1c(N2CCC(COC(N)=O)C2)c(F)cc2ccc(=O)n(C3CC3)c12. The Hall–Kier alpha value is -2.83. The first-order chi connectivity index (χ1) is 13.0. The van der Waals surface area contributed by atoms with E-state index in [1.807, 2.05) is 4.90 Å². The number of halogens is 1. The number of carbonyl (C=O) groups excluding carboxylic acids is 1. The van der Waals surface area contributed by atoms with Gasteiger partial charge in [0.15, 0.2) is 0 Å². The van der Waals surface area contributed by atoms with Crippen LogP contribution in [0.4, 0.5) is 14.9 Å². The molecule has 6 nitrogen and oxygen atoms in total. The molecule has 0 bridgehead atoms. The molecule has 1 aliphatic heterocycles. The van der Waals surface area contributed by atoms with Crippen LogP contribution in [0.15, 0.2) is 29.6 Å². The fourth-order valence-corrected chi connectivity index (χ4v) is 4.00. The Kier molecular flexibility index (Phi) is 4.37. The highest BCUT2D eigenvalue weighted by Gasteiger charge is 2.31. The number of nitrogens with zero attached hydrogens (tertiary/aromatic N) is 2. The number of carbonyl (C=O) groups is 1. The molecule has 1 aliphatic carbocycles. The van der Waals surface area contributed by atoms with Crippen molar-refractivity contribution in [2.24, 2.45) is 11.7 Å². The molecule has 2 aliphatic rings. The number of ether oxygens (including phenoxy) is 1. The van der Waals surface area contributed by atoms with Gasteiger partial charge in [-0.2, -0.15) is 0 Å². The van der Waals surface area contributed by atoms with Crippen LogP contribution in [0.2, 0.25) is 0 Å². The number of pyridine rings is 1. The van der Waals surface area contributed by atoms with Gasteiger partial charge in [0.2, 0.25) is 0 Å². The summed E-state index contributed by atoms with van der Waals surface area (Å²) < 4.78 is 21.7. The molecule has 7 heteroatoms. The highest BCUT2D eigenvalue weighted by molar-refractivity contribution is 5.94. The van der Waals surface area contributed by atoms with E-state index in [4.69, 9.17) is 10.5 Å². The van der Waals surface area contributed by atoms with E-state index in [2.05, 4.69) is 6.58 Å². The number of hydrogen-bond acceptors (Lipinski definition) is 4. The molecule has 0 spiro atoms. The normalized spacial score (nSPS) is 19.4. The predicted molar refractivity (Wildman–Crippen MR) is 102 cm³/mol. The number of aromatic nitrogens is 1. The van der Waals surface area contributed by atoms with Gasteiger partial charge in [-0.3, -0.25) is 4.79 Å². The van der Waals surface area contributed by atoms with E-state index < -0.39 is 6.09 Å². The lowest BCUT2D eigenvalue weighted by atomic mass is 10.0. The lowest BCUT2D eigenvalue weighted by Crippen LogP contribution is -2.25. The van der Waals surface area contributed by atoms with Gasteiger partial charge in [-0.25, -0.2) is 9.18 Å². The maximum Gasteiger partial charge on any atom is 0.404 e. The van der Waals surface area contributed by atoms with Gasteiger partial charge in [0.25, 0.3) is 5.56 Å². The van der Waals surface area contributed by atoms with Crippen molar-refractivity contribution in [2.75, 3.05) is 24.6 Å². The van der Waals surface area contributed by atoms with E-state index in [-0.39, 0.29) is 29.9 Å². The van der Waals surface area contributed by atoms with E-state index in [9.17, 15) is 9.59 Å². The van der Waals surface area contributed by atoms with Gasteiger partial charge < -0.3 is 19.9 Å². The first-order valence-corrected chi connectivity index (χ1v) is 9.17. The lowest BCUT2D eigenvalue weighted by Gasteiger charge is -2.24. The second-order valence-corrected chi connectivity index (χ2v) is 7.27. The van der Waals surface area contributed by atoms with Crippen molar-refractivity contribution in [3.05, 3.63) is 46.5 Å². The summed E-state index contributed by atoms with van der Waals surface area (Å²) in [5, 5.41) is 0.699. The molecule has 1 atom stereocenters. The lowest BCUT2D eigenvalue weighted by molar-refractivity contribution is 0.140. The third-order valence-electron chi connectivity index (χ3n) is 5.36. The topological polar surface area (TPSA) is 77.6 Å². The largest absolute Gasteiger partial charge is 0.449 e. The molecule has 142 valence electrons. The average molecular weight is 371 g/mol. The van der Waals surface area contributed by atoms with E-state index in [0.29, 0.717) is 29.7 Å². The molecule has 1 unspecified atom stereocenters. The summed E-state index contributed by atoms with van der Waals surface area (Å²) in [6.07, 6.45) is 3.51. The van der Waals surface area contributed by atoms with Crippen LogP contribution in [0.25, 0.3) is 17.0 Å². The van der Waals surface area contributed by atoms with E-state index in [0.717, 1.165) is 24.8 Å².